The van der Waals surface area contributed by atoms with Gasteiger partial charge in [-0.1, -0.05) is 76.8 Å². The van der Waals surface area contributed by atoms with E-state index in [4.69, 9.17) is 4.74 Å². The van der Waals surface area contributed by atoms with Gasteiger partial charge in [0.05, 0.1) is 17.7 Å². The Labute approximate surface area is 165 Å². The van der Waals surface area contributed by atoms with Gasteiger partial charge in [0.1, 0.15) is 0 Å². The lowest BCUT2D eigenvalue weighted by atomic mass is 10.1. The molecule has 1 rings (SSSR count). The van der Waals surface area contributed by atoms with Crippen molar-refractivity contribution < 1.29 is 14.3 Å². The zero-order valence-corrected chi connectivity index (χ0v) is 17.4. The first-order valence-corrected chi connectivity index (χ1v) is 10.6. The van der Waals surface area contributed by atoms with Crippen LogP contribution in [0.15, 0.2) is 24.3 Å². The minimum atomic E-state index is -0.416. The van der Waals surface area contributed by atoms with Crippen molar-refractivity contribution in [3.63, 3.8) is 0 Å². The lowest BCUT2D eigenvalue weighted by Gasteiger charge is -2.12. The summed E-state index contributed by atoms with van der Waals surface area (Å²) in [6.45, 7) is 6.44. The maximum absolute atomic E-state index is 12.3. The molecule has 152 valence electrons. The molecule has 0 aliphatic carbocycles. The number of hydrogen-bond donors (Lipinski definition) is 1. The van der Waals surface area contributed by atoms with Crippen LogP contribution in [0.25, 0.3) is 0 Å². The summed E-state index contributed by atoms with van der Waals surface area (Å²) in [4.78, 5) is 24.5. The van der Waals surface area contributed by atoms with Crippen LogP contribution in [0.5, 0.6) is 0 Å². The molecule has 0 aliphatic rings. The van der Waals surface area contributed by atoms with Gasteiger partial charge in [-0.15, -0.1) is 0 Å². The maximum Gasteiger partial charge on any atom is 0.338 e. The SMILES string of the molecule is CCCCCCCCCCCCOC(=O)c1ccccc1C(=O)NC(C)C. The molecular weight excluding hydrogens is 338 g/mol. The number of hydrogen-bond acceptors (Lipinski definition) is 3. The van der Waals surface area contributed by atoms with Gasteiger partial charge < -0.3 is 10.1 Å². The molecule has 0 saturated carbocycles. The number of nitrogens with one attached hydrogen (secondary N) is 1. The standard InChI is InChI=1S/C23H37NO3/c1-4-5-6-7-8-9-10-11-12-15-18-27-23(26)21-17-14-13-16-20(21)22(25)24-19(2)3/h13-14,16-17,19H,4-12,15,18H2,1-3H3,(H,24,25). The van der Waals surface area contributed by atoms with E-state index in [1.165, 1.54) is 51.4 Å². The molecule has 0 saturated heterocycles. The van der Waals surface area contributed by atoms with Crippen LogP contribution >= 0.6 is 0 Å². The Bertz CT molecular complexity index is 554. The first-order chi connectivity index (χ1) is 13.1. The molecule has 0 unspecified atom stereocenters. The number of rotatable bonds is 14. The van der Waals surface area contributed by atoms with Crippen molar-refractivity contribution in [1.82, 2.24) is 5.32 Å². The molecule has 0 fully saturated rings. The Morgan fingerprint density at radius 2 is 1.37 bits per heavy atom. The first kappa shape index (κ1) is 23.2. The van der Waals surface area contributed by atoms with Crippen molar-refractivity contribution >= 4 is 11.9 Å². The highest BCUT2D eigenvalue weighted by molar-refractivity contribution is 6.05. The molecule has 1 aromatic rings. The van der Waals surface area contributed by atoms with E-state index in [1.807, 2.05) is 13.8 Å². The van der Waals surface area contributed by atoms with E-state index in [0.29, 0.717) is 17.7 Å². The topological polar surface area (TPSA) is 55.4 Å². The van der Waals surface area contributed by atoms with Crippen LogP contribution < -0.4 is 5.32 Å². The lowest BCUT2D eigenvalue weighted by Crippen LogP contribution is -2.31. The largest absolute Gasteiger partial charge is 0.462 e. The molecule has 0 atom stereocenters. The second-order valence-corrected chi connectivity index (χ2v) is 7.49. The fourth-order valence-electron chi connectivity index (χ4n) is 3.03. The monoisotopic (exact) mass is 375 g/mol. The fraction of sp³-hybridized carbons (Fsp3) is 0.652. The van der Waals surface area contributed by atoms with Gasteiger partial charge in [0, 0.05) is 6.04 Å². The Morgan fingerprint density at radius 3 is 1.93 bits per heavy atom. The van der Waals surface area contributed by atoms with E-state index in [0.717, 1.165) is 12.8 Å². The van der Waals surface area contributed by atoms with Crippen molar-refractivity contribution in [2.24, 2.45) is 0 Å². The van der Waals surface area contributed by atoms with E-state index < -0.39 is 5.97 Å². The van der Waals surface area contributed by atoms with E-state index in [1.54, 1.807) is 24.3 Å². The molecule has 0 aromatic heterocycles. The number of amides is 1. The van der Waals surface area contributed by atoms with Crippen LogP contribution in [0, 0.1) is 0 Å². The summed E-state index contributed by atoms with van der Waals surface area (Å²) in [5, 5.41) is 2.82. The van der Waals surface area contributed by atoms with Gasteiger partial charge in [0.25, 0.3) is 5.91 Å². The predicted octanol–water partition coefficient (Wildman–Crippen LogP) is 5.90. The van der Waals surface area contributed by atoms with Crippen LogP contribution in [0.4, 0.5) is 0 Å². The van der Waals surface area contributed by atoms with Gasteiger partial charge in [-0.25, -0.2) is 4.79 Å². The fourth-order valence-corrected chi connectivity index (χ4v) is 3.03. The molecule has 4 nitrogen and oxygen atoms in total. The molecule has 4 heteroatoms. The highest BCUT2D eigenvalue weighted by atomic mass is 16.5. The second kappa shape index (κ2) is 14.2. The predicted molar refractivity (Wildman–Crippen MR) is 111 cm³/mol. The number of carbonyl (C=O) groups excluding carboxylic acids is 2. The third kappa shape index (κ3) is 10.2. The van der Waals surface area contributed by atoms with E-state index in [-0.39, 0.29) is 11.9 Å². The van der Waals surface area contributed by atoms with E-state index in [9.17, 15) is 9.59 Å². The van der Waals surface area contributed by atoms with Crippen molar-refractivity contribution in [1.29, 1.82) is 0 Å². The molecule has 0 radical (unpaired) electrons. The molecule has 0 spiro atoms. The smallest absolute Gasteiger partial charge is 0.338 e. The Hall–Kier alpha value is -1.84. The minimum absolute atomic E-state index is 0.0215. The van der Waals surface area contributed by atoms with Crippen molar-refractivity contribution in [3.05, 3.63) is 35.4 Å². The number of ether oxygens (including phenoxy) is 1. The van der Waals surface area contributed by atoms with Crippen molar-refractivity contribution in [3.8, 4) is 0 Å². The zero-order chi connectivity index (χ0) is 19.9. The summed E-state index contributed by atoms with van der Waals surface area (Å²) in [7, 11) is 0. The van der Waals surface area contributed by atoms with Crippen molar-refractivity contribution in [2.45, 2.75) is 91.0 Å². The number of benzene rings is 1. The molecule has 0 bridgehead atoms. The van der Waals surface area contributed by atoms with Gasteiger partial charge in [-0.2, -0.15) is 0 Å². The van der Waals surface area contributed by atoms with Crippen LogP contribution in [0.1, 0.15) is 106 Å². The Kier molecular flexibility index (Phi) is 12.2. The second-order valence-electron chi connectivity index (χ2n) is 7.49. The summed E-state index contributed by atoms with van der Waals surface area (Å²) in [5.41, 5.74) is 0.710. The normalized spacial score (nSPS) is 10.8. The van der Waals surface area contributed by atoms with Gasteiger partial charge in [0.15, 0.2) is 0 Å². The highest BCUT2D eigenvalue weighted by Crippen LogP contribution is 2.13. The number of esters is 1. The third-order valence-electron chi connectivity index (χ3n) is 4.54. The lowest BCUT2D eigenvalue weighted by molar-refractivity contribution is 0.0494. The van der Waals surface area contributed by atoms with Gasteiger partial charge in [0.2, 0.25) is 0 Å². The number of unbranched alkanes of at least 4 members (excludes halogenated alkanes) is 9. The minimum Gasteiger partial charge on any atom is -0.462 e. The van der Waals surface area contributed by atoms with Crippen LogP contribution in [-0.4, -0.2) is 24.5 Å². The van der Waals surface area contributed by atoms with Gasteiger partial charge in [-0.3, -0.25) is 4.79 Å². The Balaban J connectivity index is 2.23. The Morgan fingerprint density at radius 1 is 0.852 bits per heavy atom. The summed E-state index contributed by atoms with van der Waals surface area (Å²) in [6, 6.07) is 6.84. The quantitative estimate of drug-likeness (QED) is 0.325. The summed E-state index contributed by atoms with van der Waals surface area (Å²) in [5.74, 6) is -0.656. The molecule has 27 heavy (non-hydrogen) atoms. The highest BCUT2D eigenvalue weighted by Gasteiger charge is 2.18. The molecular formula is C23H37NO3. The summed E-state index contributed by atoms with van der Waals surface area (Å²) < 4.78 is 5.38. The van der Waals surface area contributed by atoms with E-state index in [2.05, 4.69) is 12.2 Å². The molecule has 0 aliphatic heterocycles. The van der Waals surface area contributed by atoms with Gasteiger partial charge in [-0.05, 0) is 32.4 Å². The third-order valence-corrected chi connectivity index (χ3v) is 4.54. The van der Waals surface area contributed by atoms with Crippen LogP contribution in [0.3, 0.4) is 0 Å². The van der Waals surface area contributed by atoms with E-state index >= 15 is 0 Å². The van der Waals surface area contributed by atoms with Crippen LogP contribution in [-0.2, 0) is 4.74 Å². The van der Waals surface area contributed by atoms with Gasteiger partial charge >= 0.3 is 5.97 Å². The molecule has 1 amide bonds. The molecule has 1 N–H and O–H groups in total. The zero-order valence-electron chi connectivity index (χ0n) is 17.4. The number of carbonyl (C=O) groups is 2. The maximum atomic E-state index is 12.3. The molecule has 1 aromatic carbocycles. The summed E-state index contributed by atoms with van der Waals surface area (Å²) >= 11 is 0. The molecule has 0 heterocycles. The summed E-state index contributed by atoms with van der Waals surface area (Å²) in [6.07, 6.45) is 12.4. The van der Waals surface area contributed by atoms with Crippen molar-refractivity contribution in [2.75, 3.05) is 6.61 Å². The average Bonchev–Trinajstić information content (AvgIpc) is 2.65. The average molecular weight is 376 g/mol. The van der Waals surface area contributed by atoms with Crippen LogP contribution in [0.2, 0.25) is 0 Å². The first-order valence-electron chi connectivity index (χ1n) is 10.6.